The van der Waals surface area contributed by atoms with E-state index in [9.17, 15) is 9.59 Å². The number of benzene rings is 3. The number of hydroxylamine groups is 2. The van der Waals surface area contributed by atoms with E-state index in [1.165, 1.54) is 5.06 Å². The minimum absolute atomic E-state index is 0.200. The van der Waals surface area contributed by atoms with E-state index in [0.29, 0.717) is 54.5 Å². The Bertz CT molecular complexity index is 1300. The molecule has 9 nitrogen and oxygen atoms in total. The van der Waals surface area contributed by atoms with Gasteiger partial charge in [0.15, 0.2) is 5.76 Å². The predicted molar refractivity (Wildman–Crippen MR) is 140 cm³/mol. The summed E-state index contributed by atoms with van der Waals surface area (Å²) >= 11 is 0. The van der Waals surface area contributed by atoms with Crippen LogP contribution in [0.5, 0.6) is 5.75 Å². The summed E-state index contributed by atoms with van der Waals surface area (Å²) in [6.07, 6.45) is 0.508. The molecule has 3 aromatic carbocycles. The van der Waals surface area contributed by atoms with E-state index in [2.05, 4.69) is 5.32 Å². The van der Waals surface area contributed by atoms with Crippen molar-refractivity contribution in [2.24, 2.45) is 0 Å². The highest BCUT2D eigenvalue weighted by Crippen LogP contribution is 2.21. The molecule has 9 heteroatoms. The van der Waals surface area contributed by atoms with Crippen LogP contribution in [0.3, 0.4) is 0 Å². The summed E-state index contributed by atoms with van der Waals surface area (Å²) in [6, 6.07) is 23.0. The number of carbonyl (C=O) groups is 2. The maximum Gasteiger partial charge on any atom is 0.313 e. The number of ether oxygens (including phenoxy) is 2. The summed E-state index contributed by atoms with van der Waals surface area (Å²) in [7, 11) is 1.56. The number of nitrogen functional groups attached to an aromatic ring is 1. The van der Waals surface area contributed by atoms with Gasteiger partial charge in [-0.25, -0.2) is 5.06 Å². The van der Waals surface area contributed by atoms with Crippen molar-refractivity contribution in [3.8, 4) is 5.75 Å². The highest BCUT2D eigenvalue weighted by Gasteiger charge is 2.21. The first-order valence-corrected chi connectivity index (χ1v) is 11.9. The minimum Gasteiger partial charge on any atom is -0.494 e. The molecule has 0 unspecified atom stereocenters. The van der Waals surface area contributed by atoms with Gasteiger partial charge in [-0.15, -0.1) is 0 Å². The molecule has 37 heavy (non-hydrogen) atoms. The Morgan fingerprint density at radius 1 is 0.946 bits per heavy atom. The maximum atomic E-state index is 13.0. The molecule has 0 aliphatic heterocycles. The van der Waals surface area contributed by atoms with Crippen LogP contribution in [0.4, 0.5) is 11.4 Å². The molecule has 1 aromatic heterocycles. The van der Waals surface area contributed by atoms with Gasteiger partial charge in [-0.2, -0.15) is 0 Å². The minimum atomic E-state index is -0.373. The molecule has 0 spiro atoms. The summed E-state index contributed by atoms with van der Waals surface area (Å²) in [6.45, 7) is 1.20. The molecule has 0 saturated carbocycles. The highest BCUT2D eigenvalue weighted by atomic mass is 16.7. The standard InChI is InChI=1S/C28H29N3O6/c1-34-17-18-36-31(28(33)26-19-21-7-2-5-10-25(21)37-26)15-6-16-35-22-13-11-20(12-14-22)27(32)30-24-9-4-3-8-23(24)29/h2-5,7-14,19H,6,15-18,29H2,1H3,(H,30,32). The van der Waals surface area contributed by atoms with Crippen molar-refractivity contribution in [3.05, 3.63) is 90.2 Å². The molecule has 3 N–H and O–H groups in total. The van der Waals surface area contributed by atoms with Crippen LogP contribution in [0, 0.1) is 0 Å². The number of hydrogen-bond donors (Lipinski definition) is 2. The fourth-order valence-corrected chi connectivity index (χ4v) is 3.57. The van der Waals surface area contributed by atoms with Crippen LogP contribution in [-0.4, -0.2) is 50.4 Å². The number of hydrogen-bond acceptors (Lipinski definition) is 7. The smallest absolute Gasteiger partial charge is 0.313 e. The average molecular weight is 504 g/mol. The number of para-hydroxylation sites is 3. The van der Waals surface area contributed by atoms with Crippen LogP contribution in [0.15, 0.2) is 83.3 Å². The Hall–Kier alpha value is -4.34. The predicted octanol–water partition coefficient (Wildman–Crippen LogP) is 4.76. The first-order valence-electron chi connectivity index (χ1n) is 11.9. The second-order valence-corrected chi connectivity index (χ2v) is 8.15. The third kappa shape index (κ3) is 6.87. The molecule has 0 fully saturated rings. The van der Waals surface area contributed by atoms with E-state index in [-0.39, 0.29) is 24.2 Å². The van der Waals surface area contributed by atoms with E-state index >= 15 is 0 Å². The van der Waals surface area contributed by atoms with Crippen molar-refractivity contribution < 1.29 is 28.3 Å². The van der Waals surface area contributed by atoms with E-state index in [4.69, 9.17) is 24.5 Å². The van der Waals surface area contributed by atoms with Gasteiger partial charge >= 0.3 is 5.91 Å². The number of rotatable bonds is 12. The van der Waals surface area contributed by atoms with Crippen LogP contribution in [-0.2, 0) is 9.57 Å². The van der Waals surface area contributed by atoms with Gasteiger partial charge in [-0.1, -0.05) is 30.3 Å². The molecular formula is C28H29N3O6. The summed E-state index contributed by atoms with van der Waals surface area (Å²) in [5.41, 5.74) is 8.05. The Morgan fingerprint density at radius 3 is 2.46 bits per heavy atom. The Kier molecular flexibility index (Phi) is 8.75. The van der Waals surface area contributed by atoms with E-state index < -0.39 is 0 Å². The average Bonchev–Trinajstić information content (AvgIpc) is 3.36. The highest BCUT2D eigenvalue weighted by molar-refractivity contribution is 6.05. The van der Waals surface area contributed by atoms with Crippen molar-refractivity contribution in [3.63, 3.8) is 0 Å². The number of carbonyl (C=O) groups excluding carboxylic acids is 2. The second-order valence-electron chi connectivity index (χ2n) is 8.15. The summed E-state index contributed by atoms with van der Waals surface area (Å²) < 4.78 is 16.5. The zero-order valence-electron chi connectivity index (χ0n) is 20.5. The maximum absolute atomic E-state index is 13.0. The molecule has 0 bridgehead atoms. The Balaban J connectivity index is 1.29. The first kappa shape index (κ1) is 25.7. The van der Waals surface area contributed by atoms with Gasteiger partial charge < -0.3 is 24.9 Å². The van der Waals surface area contributed by atoms with Crippen molar-refractivity contribution in [1.29, 1.82) is 0 Å². The van der Waals surface area contributed by atoms with Crippen LogP contribution in [0.1, 0.15) is 27.3 Å². The lowest BCUT2D eigenvalue weighted by Crippen LogP contribution is -2.33. The molecule has 2 amide bonds. The first-order chi connectivity index (χ1) is 18.0. The topological polar surface area (TPSA) is 116 Å². The zero-order chi connectivity index (χ0) is 26.0. The molecule has 0 aliphatic carbocycles. The number of anilines is 2. The van der Waals surface area contributed by atoms with Gasteiger partial charge in [0.25, 0.3) is 5.91 Å². The largest absolute Gasteiger partial charge is 0.494 e. The molecule has 0 aliphatic rings. The van der Waals surface area contributed by atoms with E-state index in [1.807, 2.05) is 24.3 Å². The quantitative estimate of drug-likeness (QED) is 0.163. The fraction of sp³-hybridized carbons (Fsp3) is 0.214. The molecule has 4 aromatic rings. The third-order valence-corrected chi connectivity index (χ3v) is 5.50. The van der Waals surface area contributed by atoms with Crippen LogP contribution < -0.4 is 15.8 Å². The molecule has 0 saturated heterocycles. The van der Waals surface area contributed by atoms with Gasteiger partial charge in [-0.05, 0) is 48.5 Å². The summed E-state index contributed by atoms with van der Waals surface area (Å²) in [4.78, 5) is 31.1. The SMILES string of the molecule is COCCON(CCCOc1ccc(C(=O)Nc2ccccc2N)cc1)C(=O)c1cc2ccccc2o1. The lowest BCUT2D eigenvalue weighted by atomic mass is 10.2. The Morgan fingerprint density at radius 2 is 1.70 bits per heavy atom. The number of amides is 2. The van der Waals surface area contributed by atoms with Gasteiger partial charge in [0.2, 0.25) is 0 Å². The number of fused-ring (bicyclic) bond motifs is 1. The molecular weight excluding hydrogens is 474 g/mol. The van der Waals surface area contributed by atoms with Crippen molar-refractivity contribution >= 4 is 34.2 Å². The normalized spacial score (nSPS) is 10.8. The summed E-state index contributed by atoms with van der Waals surface area (Å²) in [5.74, 6) is 0.163. The lowest BCUT2D eigenvalue weighted by Gasteiger charge is -2.20. The molecule has 0 atom stereocenters. The molecule has 192 valence electrons. The fourth-order valence-electron chi connectivity index (χ4n) is 3.57. The number of nitrogens with zero attached hydrogens (tertiary/aromatic N) is 1. The number of nitrogens with one attached hydrogen (secondary N) is 1. The summed E-state index contributed by atoms with van der Waals surface area (Å²) in [5, 5.41) is 4.90. The van der Waals surface area contributed by atoms with E-state index in [1.54, 1.807) is 61.7 Å². The van der Waals surface area contributed by atoms with Crippen LogP contribution in [0.25, 0.3) is 11.0 Å². The van der Waals surface area contributed by atoms with Gasteiger partial charge in [0.1, 0.15) is 11.3 Å². The van der Waals surface area contributed by atoms with Crippen molar-refractivity contribution in [2.45, 2.75) is 6.42 Å². The van der Waals surface area contributed by atoms with Crippen molar-refractivity contribution in [2.75, 3.05) is 44.5 Å². The van der Waals surface area contributed by atoms with E-state index in [0.717, 1.165) is 5.39 Å². The van der Waals surface area contributed by atoms with Crippen LogP contribution >= 0.6 is 0 Å². The lowest BCUT2D eigenvalue weighted by molar-refractivity contribution is -0.135. The van der Waals surface area contributed by atoms with Crippen LogP contribution in [0.2, 0.25) is 0 Å². The number of furan rings is 1. The molecule has 1 heterocycles. The third-order valence-electron chi connectivity index (χ3n) is 5.50. The number of methoxy groups -OCH3 is 1. The Labute approximate surface area is 214 Å². The van der Waals surface area contributed by atoms with Gasteiger partial charge in [0, 0.05) is 24.5 Å². The zero-order valence-corrected chi connectivity index (χ0v) is 20.5. The molecule has 4 rings (SSSR count). The molecule has 0 radical (unpaired) electrons. The number of nitrogens with two attached hydrogens (primary N) is 1. The van der Waals surface area contributed by atoms with Gasteiger partial charge in [0.05, 0.1) is 37.7 Å². The van der Waals surface area contributed by atoms with Crippen molar-refractivity contribution in [1.82, 2.24) is 5.06 Å². The second kappa shape index (κ2) is 12.6. The monoisotopic (exact) mass is 503 g/mol. The van der Waals surface area contributed by atoms with Gasteiger partial charge in [-0.3, -0.25) is 14.4 Å².